The molecule has 17 amide bonds. The number of carbonyl (C=O) groups excluding carboxylic acids is 18. The topological polar surface area (TPSA) is 643 Å². The Hall–Kier alpha value is -12.6. The smallest absolute Gasteiger partial charge is 0.253 e. The van der Waals surface area contributed by atoms with Gasteiger partial charge in [-0.1, -0.05) is 116 Å². The Bertz CT molecular complexity index is 5340. The second kappa shape index (κ2) is 51.7. The summed E-state index contributed by atoms with van der Waals surface area (Å²) in [5.41, 5.74) is 25.9. The molecule has 21 N–H and O–H groups in total. The van der Waals surface area contributed by atoms with Crippen molar-refractivity contribution in [2.45, 2.75) is 249 Å². The minimum absolute atomic E-state index is 0.0150. The molecule has 0 aliphatic carbocycles. The predicted octanol–water partition coefficient (Wildman–Crippen LogP) is -2.16. The minimum Gasteiger partial charge on any atom is -0.508 e. The number of nitrogens with one attached hydrogen (secondary N) is 11. The number of phenols is 1. The predicted molar refractivity (Wildman–Crippen MR) is 511 cm³/mol. The van der Waals surface area contributed by atoms with Gasteiger partial charge < -0.3 is 115 Å². The summed E-state index contributed by atoms with van der Waals surface area (Å²) in [6, 6.07) is -0.646. The number of primary amides is 2. The second-order valence-electron chi connectivity index (χ2n) is 36.5. The first-order valence-corrected chi connectivity index (χ1v) is 49.6. The van der Waals surface area contributed by atoms with E-state index in [9.17, 15) is 71.4 Å². The van der Waals surface area contributed by atoms with Crippen LogP contribution in [0.15, 0.2) is 85.2 Å². The van der Waals surface area contributed by atoms with Crippen molar-refractivity contribution >= 4 is 150 Å². The largest absolute Gasteiger partial charge is 0.508 e. The number of aliphatic hydroxyl groups is 1. The third kappa shape index (κ3) is 31.2. The third-order valence-corrected chi connectivity index (χ3v) is 26.3. The van der Waals surface area contributed by atoms with Crippen molar-refractivity contribution in [2.24, 2.45) is 40.7 Å². The number of nitrogens with zero attached hydrogens (tertiary/aromatic N) is 6. The fraction of sp³-hybridized carbons (Fsp3) is 0.570. The van der Waals surface area contributed by atoms with Gasteiger partial charge in [0.15, 0.2) is 5.78 Å². The maximum atomic E-state index is 16.1. The molecule has 5 aromatic rings. The van der Waals surface area contributed by atoms with Crippen LogP contribution in [0.4, 0.5) is 0 Å². The lowest BCUT2D eigenvalue weighted by atomic mass is 9.90. The molecule has 0 spiro atoms. The molecular weight excluding hydrogens is 1830 g/mol. The Balaban J connectivity index is 1.22. The van der Waals surface area contributed by atoms with Crippen LogP contribution in [0, 0.1) is 17.8 Å². The Morgan fingerprint density at radius 3 is 1.79 bits per heavy atom. The zero-order valence-electron chi connectivity index (χ0n) is 79.9. The van der Waals surface area contributed by atoms with Crippen molar-refractivity contribution in [1.82, 2.24) is 86.6 Å². The number of sulfonamides is 1. The van der Waals surface area contributed by atoms with Gasteiger partial charge in [-0.25, -0.2) is 8.42 Å². The molecule has 45 heteroatoms. The van der Waals surface area contributed by atoms with Gasteiger partial charge in [0.25, 0.3) is 5.91 Å². The maximum absolute atomic E-state index is 16.1. The fourth-order valence-electron chi connectivity index (χ4n) is 17.3. The number of benzene rings is 3. The molecule has 3 aliphatic heterocycles. The van der Waals surface area contributed by atoms with Gasteiger partial charge in [-0.15, -0.1) is 11.8 Å². The number of hydrogen-bond acceptors (Lipinski definition) is 25. The van der Waals surface area contributed by atoms with Crippen LogP contribution in [0.5, 0.6) is 5.75 Å². The van der Waals surface area contributed by atoms with Crippen LogP contribution in [-0.2, 0) is 122 Å². The van der Waals surface area contributed by atoms with Gasteiger partial charge in [-0.3, -0.25) is 91.0 Å². The number of phenolic OH excluding ortho intramolecular Hbond substituents is 1. The Kier molecular flexibility index (Phi) is 41.5. The van der Waals surface area contributed by atoms with Crippen LogP contribution >= 0.6 is 11.8 Å². The summed E-state index contributed by atoms with van der Waals surface area (Å²) in [6.07, 6.45) is 1.08. The summed E-state index contributed by atoms with van der Waals surface area (Å²) in [5, 5.41) is 46.6. The number of unbranched alkanes of at least 4 members (excludes halogenated alkanes) is 2. The highest BCUT2D eigenvalue weighted by atomic mass is 32.2. The number of aromatic nitrogens is 2. The van der Waals surface area contributed by atoms with Gasteiger partial charge in [0.05, 0.1) is 37.1 Å². The van der Waals surface area contributed by atoms with Gasteiger partial charge in [0.1, 0.15) is 84.8 Å². The zero-order valence-corrected chi connectivity index (χ0v) is 81.6. The van der Waals surface area contributed by atoms with Crippen LogP contribution in [-0.4, -0.2) is 315 Å². The first-order valence-electron chi connectivity index (χ1n) is 46.5. The number of rotatable bonds is 27. The number of amides is 17. The molecule has 0 bridgehead atoms. The summed E-state index contributed by atoms with van der Waals surface area (Å²) in [4.78, 5) is 273. The molecule has 0 unspecified atom stereocenters. The molecule has 756 valence electrons. The standard InChI is InChI=1S/C93H135N21O22S2/c1-12-14-24-72-87(128)102-64(35-51(3)4)85(126)107-70(83(124)99-45-78(97)119)49-137-50-80(121)100-66(37-54-28-30-58(115)31-29-54)89(130)109(8)53(7)81(122)103-68(42-77(96)118)91(132)113-34-20-27-73(113)88(129)106-69(43-95)86(127)104-65(36-52(5)6)92(133)114-47-59(116)41-75(114)76(117)40-55(38-56-44-98-62-23-18-16-21-60(56)62)82(123)101-63(32-33-94)84(125)105-67(90(131)111(10)74(25-15-13-2)93(134)110(72)9)39-57-46-112(48-79(120)108-138(11,135)136)71-26-19-17-22-61(57)71/h16-19,21-23,26,28-31,44,46,51-53,55,59,63-70,72-75,98,115-116H,12-15,20,24-25,27,32-43,45,47-50,94-95H2,1-11H3,(H2,96,118)(H2,97,119)(H,99,124)(H,100,121)(H,101,123)(H,102,128)(H,103,122)(H,104,127)(H,105,125)(H,106,129)(H,107,126)(H,108,120)/t53-,55+,59+,63-,64-,65-,66-,67-,68-,69-,70-,72-,73-,74-,75-/m0/s1. The SMILES string of the molecule is CCCC[C@H]1C(=O)N(C)[C@@H](CCCC)C(=O)N[C@@H](CC(C)C)C(=O)N[C@H](C(=O)NCC(N)=O)CSCC(=O)N[C@@H](Cc2ccc(O)cc2)C(=O)N(C)[C@@H](C)C(=O)N[C@@H](CC(N)=O)C(=O)N2CCC[C@H]2C(=O)N[C@@H](CN)C(=O)N[C@@H](CC(C)C)C(=O)N2C[C@H](O)C[C@H]2C(=O)C[C@@H](Cc2c[nH]c3ccccc23)C(=O)N[C@@H](CCN)C(=O)N[C@@H](Cc2cn(CC(=O)NS(C)(=O)=O)c3ccccc23)C(=O)N1C. The minimum atomic E-state index is -4.07. The highest BCUT2D eigenvalue weighted by Gasteiger charge is 2.47. The van der Waals surface area contributed by atoms with Crippen molar-refractivity contribution < 1.29 is 105 Å². The molecule has 5 heterocycles. The maximum Gasteiger partial charge on any atom is 0.253 e. The molecule has 43 nitrogen and oxygen atoms in total. The van der Waals surface area contributed by atoms with Crippen LogP contribution in [0.3, 0.4) is 0 Å². The molecule has 0 radical (unpaired) electrons. The number of ketones is 1. The Labute approximate surface area is 805 Å². The highest BCUT2D eigenvalue weighted by molar-refractivity contribution is 8.00. The molecular formula is C93H135N21O22S2. The van der Waals surface area contributed by atoms with E-state index in [1.807, 2.05) is 18.6 Å². The number of aromatic amines is 1. The van der Waals surface area contributed by atoms with Crippen molar-refractivity contribution in [3.8, 4) is 5.75 Å². The van der Waals surface area contributed by atoms with Crippen LogP contribution in [0.2, 0.25) is 0 Å². The summed E-state index contributed by atoms with van der Waals surface area (Å²) < 4.78 is 28.1. The number of Topliss-reactive ketones (excluding diaryl/α,β-unsaturated/α-hetero) is 1. The van der Waals surface area contributed by atoms with Gasteiger partial charge in [0.2, 0.25) is 105 Å². The number of H-pyrrole nitrogens is 1. The number of nitrogens with two attached hydrogens (primary N) is 4. The second-order valence-corrected chi connectivity index (χ2v) is 39.3. The quantitative estimate of drug-likeness (QED) is 0.0266. The summed E-state index contributed by atoms with van der Waals surface area (Å²) in [5.74, 6) is -19.7. The molecule has 3 saturated heterocycles. The molecule has 0 saturated carbocycles. The van der Waals surface area contributed by atoms with E-state index in [2.05, 4.69) is 52.8 Å². The molecule has 3 aromatic carbocycles. The van der Waals surface area contributed by atoms with Crippen LogP contribution < -0.4 is 75.5 Å². The van der Waals surface area contributed by atoms with Crippen molar-refractivity contribution in [3.05, 3.63) is 102 Å². The average molecular weight is 1960 g/mol. The van der Waals surface area contributed by atoms with E-state index >= 15 is 33.6 Å². The van der Waals surface area contributed by atoms with Gasteiger partial charge in [-0.2, -0.15) is 0 Å². The number of para-hydroxylation sites is 2. The summed E-state index contributed by atoms with van der Waals surface area (Å²) in [6.45, 7) is 9.22. The number of aromatic hydroxyl groups is 1. The average Bonchev–Trinajstić information content (AvgIpc) is 1.64. The molecule has 15 atom stereocenters. The van der Waals surface area contributed by atoms with Gasteiger partial charge in [-0.05, 0) is 118 Å². The number of hydrogen-bond donors (Lipinski definition) is 17. The van der Waals surface area contributed by atoms with Gasteiger partial charge in [0, 0.05) is 112 Å². The molecule has 3 fully saturated rings. The van der Waals surface area contributed by atoms with Crippen LogP contribution in [0.1, 0.15) is 155 Å². The lowest BCUT2D eigenvalue weighted by molar-refractivity contribution is -0.149. The van der Waals surface area contributed by atoms with E-state index in [1.54, 1.807) is 82.4 Å². The van der Waals surface area contributed by atoms with Crippen molar-refractivity contribution in [3.63, 3.8) is 0 Å². The first kappa shape index (κ1) is 111. The fourth-order valence-corrected chi connectivity index (χ4v) is 18.7. The van der Waals surface area contributed by atoms with E-state index < -0.39 is 264 Å². The molecule has 2 aromatic heterocycles. The first-order chi connectivity index (χ1) is 65.3. The monoisotopic (exact) mass is 1960 g/mol. The number of likely N-dealkylation sites (N-methyl/N-ethyl adjacent to an activating group) is 3. The normalized spacial score (nSPS) is 24.7. The molecule has 8 rings (SSSR count). The third-order valence-electron chi connectivity index (χ3n) is 24.7. The van der Waals surface area contributed by atoms with E-state index in [-0.39, 0.29) is 94.9 Å². The number of aliphatic hydroxyl groups excluding tert-OH is 1. The summed E-state index contributed by atoms with van der Waals surface area (Å²) in [7, 11) is -0.181. The van der Waals surface area contributed by atoms with Crippen molar-refractivity contribution in [2.75, 3.05) is 71.6 Å². The van der Waals surface area contributed by atoms with Crippen LogP contribution in [0.25, 0.3) is 21.8 Å². The van der Waals surface area contributed by atoms with E-state index in [1.165, 1.54) is 63.1 Å². The lowest BCUT2D eigenvalue weighted by Gasteiger charge is -2.36. The van der Waals surface area contributed by atoms with Gasteiger partial charge >= 0.3 is 0 Å². The summed E-state index contributed by atoms with van der Waals surface area (Å²) >= 11 is 0.778. The molecule has 3 aliphatic rings. The number of carbonyl (C=O) groups is 18. The lowest BCUT2D eigenvalue weighted by Crippen LogP contribution is -2.61. The number of thioether (sulfide) groups is 1. The van der Waals surface area contributed by atoms with E-state index in [4.69, 9.17) is 22.9 Å². The van der Waals surface area contributed by atoms with E-state index in [0.29, 0.717) is 64.2 Å². The molecule has 138 heavy (non-hydrogen) atoms. The zero-order chi connectivity index (χ0) is 102. The Morgan fingerprint density at radius 2 is 1.15 bits per heavy atom. The number of fused-ring (bicyclic) bond motifs is 4. The Morgan fingerprint density at radius 1 is 0.580 bits per heavy atom. The van der Waals surface area contributed by atoms with Crippen molar-refractivity contribution in [1.29, 1.82) is 0 Å². The van der Waals surface area contributed by atoms with E-state index in [0.717, 1.165) is 42.5 Å². The highest BCUT2D eigenvalue weighted by Crippen LogP contribution is 2.31.